The summed E-state index contributed by atoms with van der Waals surface area (Å²) in [4.78, 5) is 27.5. The van der Waals surface area contributed by atoms with Crippen LogP contribution in [0.1, 0.15) is 43.7 Å². The van der Waals surface area contributed by atoms with Gasteiger partial charge in [0.15, 0.2) is 0 Å². The molecule has 31 heavy (non-hydrogen) atoms. The summed E-state index contributed by atoms with van der Waals surface area (Å²) in [6.07, 6.45) is 1.81. The van der Waals surface area contributed by atoms with Crippen LogP contribution in [0.25, 0.3) is 0 Å². The minimum atomic E-state index is -1.07. The van der Waals surface area contributed by atoms with Gasteiger partial charge < -0.3 is 20.7 Å². The van der Waals surface area contributed by atoms with Crippen LogP contribution in [0.2, 0.25) is 0 Å². The summed E-state index contributed by atoms with van der Waals surface area (Å²) in [5, 5.41) is 2.80. The van der Waals surface area contributed by atoms with E-state index in [0.717, 1.165) is 18.4 Å². The van der Waals surface area contributed by atoms with Gasteiger partial charge in [-0.1, -0.05) is 60.7 Å². The number of ether oxygens (including phenoxy) is 1. The number of benzene rings is 2. The molecule has 2 amide bonds. The van der Waals surface area contributed by atoms with Gasteiger partial charge in [0.05, 0.1) is 18.8 Å². The van der Waals surface area contributed by atoms with Gasteiger partial charge in [-0.05, 0) is 43.7 Å². The average Bonchev–Trinajstić information content (AvgIpc) is 2.78. The first-order valence-electron chi connectivity index (χ1n) is 10.9. The van der Waals surface area contributed by atoms with Crippen LogP contribution in [-0.2, 0) is 20.9 Å². The third kappa shape index (κ3) is 6.64. The third-order valence-corrected chi connectivity index (χ3v) is 5.66. The van der Waals surface area contributed by atoms with Crippen molar-refractivity contribution in [1.29, 1.82) is 0 Å². The Hall–Kier alpha value is -2.70. The fourth-order valence-corrected chi connectivity index (χ4v) is 3.77. The fraction of sp³-hybridized carbons (Fsp3) is 0.440. The lowest BCUT2D eigenvalue weighted by Crippen LogP contribution is -2.58. The molecule has 0 spiro atoms. The van der Waals surface area contributed by atoms with E-state index < -0.39 is 11.6 Å². The van der Waals surface area contributed by atoms with Crippen molar-refractivity contribution >= 4 is 11.8 Å². The molecule has 0 aliphatic carbocycles. The zero-order chi connectivity index (χ0) is 22.3. The summed E-state index contributed by atoms with van der Waals surface area (Å²) in [6.45, 7) is 5.06. The maximum Gasteiger partial charge on any atom is 0.247 e. The highest BCUT2D eigenvalue weighted by Gasteiger charge is 2.32. The molecule has 0 aromatic heterocycles. The van der Waals surface area contributed by atoms with Crippen LogP contribution >= 0.6 is 0 Å². The van der Waals surface area contributed by atoms with E-state index in [0.29, 0.717) is 25.6 Å². The van der Waals surface area contributed by atoms with E-state index in [1.54, 1.807) is 13.8 Å². The highest BCUT2D eigenvalue weighted by molar-refractivity contribution is 5.91. The van der Waals surface area contributed by atoms with Gasteiger partial charge in [-0.3, -0.25) is 9.59 Å². The number of nitrogens with two attached hydrogens (primary N) is 1. The van der Waals surface area contributed by atoms with Gasteiger partial charge in [0.1, 0.15) is 6.04 Å². The van der Waals surface area contributed by atoms with E-state index in [9.17, 15) is 9.59 Å². The SMILES string of the molecule is CC(C)(N)C(=O)NC(COCc1ccccc1)C(=O)N1CCC(c2ccccc2)CC1. The molecular weight excluding hydrogens is 390 g/mol. The molecule has 6 heteroatoms. The number of hydrogen-bond donors (Lipinski definition) is 2. The second-order valence-electron chi connectivity index (χ2n) is 8.76. The molecule has 2 aromatic rings. The Morgan fingerprint density at radius 1 is 1.06 bits per heavy atom. The number of hydrogen-bond acceptors (Lipinski definition) is 4. The van der Waals surface area contributed by atoms with Crippen molar-refractivity contribution in [2.75, 3.05) is 19.7 Å². The monoisotopic (exact) mass is 423 g/mol. The molecule has 1 unspecified atom stereocenters. The van der Waals surface area contributed by atoms with E-state index in [1.807, 2.05) is 41.3 Å². The van der Waals surface area contributed by atoms with Crippen LogP contribution in [0.4, 0.5) is 0 Å². The Labute approximate surface area is 184 Å². The first kappa shape index (κ1) is 23.0. The van der Waals surface area contributed by atoms with Crippen molar-refractivity contribution in [3.8, 4) is 0 Å². The van der Waals surface area contributed by atoms with Crippen molar-refractivity contribution in [2.24, 2.45) is 5.73 Å². The largest absolute Gasteiger partial charge is 0.374 e. The zero-order valence-corrected chi connectivity index (χ0v) is 18.4. The number of nitrogens with zero attached hydrogens (tertiary/aromatic N) is 1. The lowest BCUT2D eigenvalue weighted by atomic mass is 9.89. The first-order chi connectivity index (χ1) is 14.8. The number of likely N-dealkylation sites (tertiary alicyclic amines) is 1. The minimum absolute atomic E-state index is 0.105. The van der Waals surface area contributed by atoms with Gasteiger partial charge in [0, 0.05) is 13.1 Å². The van der Waals surface area contributed by atoms with Crippen molar-refractivity contribution in [1.82, 2.24) is 10.2 Å². The number of nitrogens with one attached hydrogen (secondary N) is 1. The second-order valence-corrected chi connectivity index (χ2v) is 8.76. The Bertz CT molecular complexity index is 841. The van der Waals surface area contributed by atoms with Gasteiger partial charge in [-0.15, -0.1) is 0 Å². The number of piperidine rings is 1. The standard InChI is InChI=1S/C25H33N3O3/c1-25(2,26)24(30)27-22(18-31-17-19-9-5-3-6-10-19)23(29)28-15-13-21(14-16-28)20-11-7-4-8-12-20/h3-12,21-22H,13-18,26H2,1-2H3,(H,27,30). The van der Waals surface area contributed by atoms with Crippen LogP contribution in [0.5, 0.6) is 0 Å². The van der Waals surface area contributed by atoms with Crippen LogP contribution in [0, 0.1) is 0 Å². The fourth-order valence-electron chi connectivity index (χ4n) is 3.77. The molecule has 1 atom stereocenters. The Kier molecular flexibility index (Phi) is 7.82. The maximum absolute atomic E-state index is 13.2. The number of carbonyl (C=O) groups excluding carboxylic acids is 2. The molecule has 3 N–H and O–H groups in total. The summed E-state index contributed by atoms with van der Waals surface area (Å²) < 4.78 is 5.79. The predicted octanol–water partition coefficient (Wildman–Crippen LogP) is 2.83. The molecule has 0 bridgehead atoms. The topological polar surface area (TPSA) is 84.7 Å². The maximum atomic E-state index is 13.2. The normalized spacial score (nSPS) is 16.0. The molecule has 166 valence electrons. The van der Waals surface area contributed by atoms with Crippen LogP contribution in [0.3, 0.4) is 0 Å². The molecule has 1 heterocycles. The summed E-state index contributed by atoms with van der Waals surface area (Å²) >= 11 is 0. The third-order valence-electron chi connectivity index (χ3n) is 5.66. The number of carbonyl (C=O) groups is 2. The Balaban J connectivity index is 1.60. The molecule has 0 saturated carbocycles. The summed E-state index contributed by atoms with van der Waals surface area (Å²) in [5.74, 6) is -0.0268. The molecule has 1 aliphatic heterocycles. The van der Waals surface area contributed by atoms with Gasteiger partial charge in [-0.2, -0.15) is 0 Å². The van der Waals surface area contributed by atoms with Crippen molar-refractivity contribution < 1.29 is 14.3 Å². The quantitative estimate of drug-likeness (QED) is 0.684. The second kappa shape index (κ2) is 10.6. The molecule has 1 saturated heterocycles. The van der Waals surface area contributed by atoms with E-state index >= 15 is 0 Å². The minimum Gasteiger partial charge on any atom is -0.374 e. The molecular formula is C25H33N3O3. The van der Waals surface area contributed by atoms with Crippen molar-refractivity contribution in [3.63, 3.8) is 0 Å². The van der Waals surface area contributed by atoms with E-state index in [-0.39, 0.29) is 18.4 Å². The summed E-state index contributed by atoms with van der Waals surface area (Å²) in [7, 11) is 0. The average molecular weight is 424 g/mol. The molecule has 2 aromatic carbocycles. The summed E-state index contributed by atoms with van der Waals surface area (Å²) in [5.41, 5.74) is 7.19. The molecule has 0 radical (unpaired) electrons. The van der Waals surface area contributed by atoms with Crippen LogP contribution in [-0.4, -0.2) is 48.0 Å². The number of amides is 2. The molecule has 1 fully saturated rings. The van der Waals surface area contributed by atoms with Gasteiger partial charge in [0.25, 0.3) is 0 Å². The smallest absolute Gasteiger partial charge is 0.247 e. The van der Waals surface area contributed by atoms with E-state index in [2.05, 4.69) is 29.6 Å². The Morgan fingerprint density at radius 3 is 2.23 bits per heavy atom. The zero-order valence-electron chi connectivity index (χ0n) is 18.4. The van der Waals surface area contributed by atoms with Gasteiger partial charge in [0.2, 0.25) is 11.8 Å². The predicted molar refractivity (Wildman–Crippen MR) is 121 cm³/mol. The number of rotatable bonds is 8. The first-order valence-corrected chi connectivity index (χ1v) is 10.9. The summed E-state index contributed by atoms with van der Waals surface area (Å²) in [6, 6.07) is 19.4. The van der Waals surface area contributed by atoms with Gasteiger partial charge >= 0.3 is 0 Å². The molecule has 6 nitrogen and oxygen atoms in total. The van der Waals surface area contributed by atoms with Gasteiger partial charge in [-0.25, -0.2) is 0 Å². The van der Waals surface area contributed by atoms with Crippen molar-refractivity contribution in [2.45, 2.75) is 50.8 Å². The molecule has 1 aliphatic rings. The lowest BCUT2D eigenvalue weighted by Gasteiger charge is -2.35. The highest BCUT2D eigenvalue weighted by atomic mass is 16.5. The highest BCUT2D eigenvalue weighted by Crippen LogP contribution is 2.28. The van der Waals surface area contributed by atoms with Crippen LogP contribution in [0.15, 0.2) is 60.7 Å². The Morgan fingerprint density at radius 2 is 1.65 bits per heavy atom. The van der Waals surface area contributed by atoms with Crippen LogP contribution < -0.4 is 11.1 Å². The van der Waals surface area contributed by atoms with Crippen molar-refractivity contribution in [3.05, 3.63) is 71.8 Å². The molecule has 3 rings (SSSR count). The van der Waals surface area contributed by atoms with E-state index in [4.69, 9.17) is 10.5 Å². The lowest BCUT2D eigenvalue weighted by molar-refractivity contribution is -0.140. The van der Waals surface area contributed by atoms with E-state index in [1.165, 1.54) is 5.56 Å².